The highest BCUT2D eigenvalue weighted by molar-refractivity contribution is 7.20. The van der Waals surface area contributed by atoms with Crippen LogP contribution in [0.5, 0.6) is 0 Å². The minimum absolute atomic E-state index is 0.152. The van der Waals surface area contributed by atoms with Crippen LogP contribution in [-0.2, 0) is 9.53 Å². The Morgan fingerprint density at radius 1 is 1.38 bits per heavy atom. The maximum absolute atomic E-state index is 12.6. The maximum atomic E-state index is 12.6. The maximum Gasteiger partial charge on any atom is 0.264 e. The Balaban J connectivity index is 1.93. The summed E-state index contributed by atoms with van der Waals surface area (Å²) in [4.78, 5) is 26.3. The van der Waals surface area contributed by atoms with E-state index in [-0.39, 0.29) is 12.5 Å². The lowest BCUT2D eigenvalue weighted by atomic mass is 10.1. The van der Waals surface area contributed by atoms with E-state index in [4.69, 9.17) is 10.5 Å². The van der Waals surface area contributed by atoms with Gasteiger partial charge in [0.15, 0.2) is 0 Å². The molecule has 2 heterocycles. The first-order valence-corrected chi connectivity index (χ1v) is 7.56. The summed E-state index contributed by atoms with van der Waals surface area (Å²) in [5.41, 5.74) is 6.51. The quantitative estimate of drug-likeness (QED) is 0.914. The summed E-state index contributed by atoms with van der Waals surface area (Å²) in [6.07, 6.45) is 0. The number of rotatable bonds is 2. The molecule has 1 fully saturated rings. The zero-order valence-corrected chi connectivity index (χ0v) is 12.5. The summed E-state index contributed by atoms with van der Waals surface area (Å²) in [6.45, 7) is 3.01. The molecule has 21 heavy (non-hydrogen) atoms. The van der Waals surface area contributed by atoms with Crippen LogP contribution in [0.1, 0.15) is 15.2 Å². The molecule has 2 N–H and O–H groups in total. The lowest BCUT2D eigenvalue weighted by Gasteiger charge is -2.33. The first kappa shape index (κ1) is 14.0. The summed E-state index contributed by atoms with van der Waals surface area (Å²) in [7, 11) is 0. The predicted octanol–water partition coefficient (Wildman–Crippen LogP) is 1.54. The molecule has 1 aliphatic heterocycles. The SMILES string of the molecule is Cc1ccc2sc(C(=O)N3CCOCC3C(N)=O)cc2c1. The monoisotopic (exact) mass is 304 g/mol. The Morgan fingerprint density at radius 2 is 2.19 bits per heavy atom. The van der Waals surface area contributed by atoms with E-state index >= 15 is 0 Å². The highest BCUT2D eigenvalue weighted by Crippen LogP contribution is 2.28. The number of carbonyl (C=O) groups excluding carboxylic acids is 2. The molecule has 2 aromatic rings. The van der Waals surface area contributed by atoms with E-state index < -0.39 is 11.9 Å². The molecule has 2 amide bonds. The van der Waals surface area contributed by atoms with E-state index in [1.54, 1.807) is 0 Å². The van der Waals surface area contributed by atoms with Gasteiger partial charge in [-0.15, -0.1) is 11.3 Å². The van der Waals surface area contributed by atoms with Crippen molar-refractivity contribution in [3.8, 4) is 0 Å². The number of ether oxygens (including phenoxy) is 1. The van der Waals surface area contributed by atoms with Gasteiger partial charge >= 0.3 is 0 Å². The molecule has 3 rings (SSSR count). The molecule has 0 spiro atoms. The molecule has 0 radical (unpaired) electrons. The second kappa shape index (κ2) is 5.46. The number of benzene rings is 1. The highest BCUT2D eigenvalue weighted by Gasteiger charge is 2.32. The Labute approximate surface area is 126 Å². The molecule has 6 heteroatoms. The van der Waals surface area contributed by atoms with Gasteiger partial charge < -0.3 is 15.4 Å². The van der Waals surface area contributed by atoms with Crippen LogP contribution in [0.2, 0.25) is 0 Å². The van der Waals surface area contributed by atoms with Crippen molar-refractivity contribution in [1.29, 1.82) is 0 Å². The summed E-state index contributed by atoms with van der Waals surface area (Å²) in [5.74, 6) is -0.680. The zero-order chi connectivity index (χ0) is 15.0. The molecule has 1 aromatic heterocycles. The number of thiophene rings is 1. The van der Waals surface area contributed by atoms with Gasteiger partial charge in [-0.1, -0.05) is 17.7 Å². The lowest BCUT2D eigenvalue weighted by molar-refractivity contribution is -0.127. The molecule has 1 aliphatic rings. The highest BCUT2D eigenvalue weighted by atomic mass is 32.1. The second-order valence-electron chi connectivity index (χ2n) is 5.14. The third kappa shape index (κ3) is 2.64. The third-order valence-electron chi connectivity index (χ3n) is 3.60. The van der Waals surface area contributed by atoms with Gasteiger partial charge in [-0.3, -0.25) is 9.59 Å². The molecule has 0 saturated carbocycles. The van der Waals surface area contributed by atoms with E-state index in [0.29, 0.717) is 18.0 Å². The van der Waals surface area contributed by atoms with Crippen LogP contribution in [0.25, 0.3) is 10.1 Å². The summed E-state index contributed by atoms with van der Waals surface area (Å²) in [6, 6.07) is 7.28. The molecule has 5 nitrogen and oxygen atoms in total. The average Bonchev–Trinajstić information content (AvgIpc) is 2.89. The molecule has 1 saturated heterocycles. The van der Waals surface area contributed by atoms with Gasteiger partial charge in [-0.25, -0.2) is 0 Å². The summed E-state index contributed by atoms with van der Waals surface area (Å²) < 4.78 is 6.31. The largest absolute Gasteiger partial charge is 0.377 e. The van der Waals surface area contributed by atoms with Crippen molar-refractivity contribution in [2.75, 3.05) is 19.8 Å². The number of nitrogens with zero attached hydrogens (tertiary/aromatic N) is 1. The van der Waals surface area contributed by atoms with Crippen molar-refractivity contribution in [1.82, 2.24) is 4.90 Å². The molecular formula is C15H16N2O3S. The van der Waals surface area contributed by atoms with E-state index in [2.05, 4.69) is 0 Å². The van der Waals surface area contributed by atoms with Gasteiger partial charge in [0, 0.05) is 11.2 Å². The Kier molecular flexibility index (Phi) is 3.65. The van der Waals surface area contributed by atoms with Gasteiger partial charge in [0.1, 0.15) is 6.04 Å². The molecule has 1 unspecified atom stereocenters. The van der Waals surface area contributed by atoms with Crippen molar-refractivity contribution >= 4 is 33.2 Å². The summed E-state index contributed by atoms with van der Waals surface area (Å²) in [5, 5.41) is 1.05. The van der Waals surface area contributed by atoms with Crippen molar-refractivity contribution in [3.05, 3.63) is 34.7 Å². The van der Waals surface area contributed by atoms with E-state index in [0.717, 1.165) is 15.6 Å². The Morgan fingerprint density at radius 3 is 2.95 bits per heavy atom. The fourth-order valence-electron chi connectivity index (χ4n) is 2.49. The number of nitrogens with two attached hydrogens (primary N) is 1. The van der Waals surface area contributed by atoms with Crippen molar-refractivity contribution < 1.29 is 14.3 Å². The number of aryl methyl sites for hydroxylation is 1. The topological polar surface area (TPSA) is 72.6 Å². The number of morpholine rings is 1. The van der Waals surface area contributed by atoms with Gasteiger partial charge in [-0.05, 0) is 24.4 Å². The van der Waals surface area contributed by atoms with Crippen LogP contribution in [0.4, 0.5) is 0 Å². The summed E-state index contributed by atoms with van der Waals surface area (Å²) >= 11 is 1.44. The van der Waals surface area contributed by atoms with E-state index in [1.165, 1.54) is 16.2 Å². The van der Waals surface area contributed by atoms with Crippen LogP contribution in [0.3, 0.4) is 0 Å². The fourth-order valence-corrected chi connectivity index (χ4v) is 3.49. The number of primary amides is 1. The van der Waals surface area contributed by atoms with Gasteiger partial charge in [0.05, 0.1) is 18.1 Å². The number of carbonyl (C=O) groups is 2. The molecule has 0 aliphatic carbocycles. The fraction of sp³-hybridized carbons (Fsp3) is 0.333. The standard InChI is InChI=1S/C15H16N2O3S/c1-9-2-3-12-10(6-9)7-13(21-12)15(19)17-4-5-20-8-11(17)14(16)18/h2-3,6-7,11H,4-5,8H2,1H3,(H2,16,18). The minimum atomic E-state index is -0.682. The Bertz CT molecular complexity index is 710. The van der Waals surface area contributed by atoms with Crippen LogP contribution < -0.4 is 5.73 Å². The normalized spacial score (nSPS) is 18.9. The molecule has 1 atom stereocenters. The van der Waals surface area contributed by atoms with Gasteiger partial charge in [-0.2, -0.15) is 0 Å². The van der Waals surface area contributed by atoms with Crippen LogP contribution in [0.15, 0.2) is 24.3 Å². The van der Waals surface area contributed by atoms with Crippen molar-refractivity contribution in [2.24, 2.45) is 5.73 Å². The van der Waals surface area contributed by atoms with Gasteiger partial charge in [0.25, 0.3) is 5.91 Å². The van der Waals surface area contributed by atoms with Crippen molar-refractivity contribution in [3.63, 3.8) is 0 Å². The number of fused-ring (bicyclic) bond motifs is 1. The first-order chi connectivity index (χ1) is 10.1. The molecule has 1 aromatic carbocycles. The Hall–Kier alpha value is -1.92. The van der Waals surface area contributed by atoms with E-state index in [9.17, 15) is 9.59 Å². The lowest BCUT2D eigenvalue weighted by Crippen LogP contribution is -2.54. The number of amides is 2. The minimum Gasteiger partial charge on any atom is -0.377 e. The first-order valence-electron chi connectivity index (χ1n) is 6.74. The molecule has 110 valence electrons. The zero-order valence-electron chi connectivity index (χ0n) is 11.7. The van der Waals surface area contributed by atoms with Crippen molar-refractivity contribution in [2.45, 2.75) is 13.0 Å². The van der Waals surface area contributed by atoms with Crippen LogP contribution in [-0.4, -0.2) is 42.5 Å². The molecular weight excluding hydrogens is 288 g/mol. The van der Waals surface area contributed by atoms with Crippen LogP contribution in [0, 0.1) is 6.92 Å². The predicted molar refractivity (Wildman–Crippen MR) is 81.4 cm³/mol. The third-order valence-corrected chi connectivity index (χ3v) is 4.70. The smallest absolute Gasteiger partial charge is 0.264 e. The second-order valence-corrected chi connectivity index (χ2v) is 6.23. The van der Waals surface area contributed by atoms with Gasteiger partial charge in [0.2, 0.25) is 5.91 Å². The number of hydrogen-bond acceptors (Lipinski definition) is 4. The average molecular weight is 304 g/mol. The van der Waals surface area contributed by atoms with Crippen LogP contribution >= 0.6 is 11.3 Å². The number of hydrogen-bond donors (Lipinski definition) is 1. The molecule has 0 bridgehead atoms. The van der Waals surface area contributed by atoms with E-state index in [1.807, 2.05) is 31.2 Å².